The highest BCUT2D eigenvalue weighted by atomic mass is 16.2. The Hall–Kier alpha value is -3.72. The van der Waals surface area contributed by atoms with Crippen LogP contribution in [-0.4, -0.2) is 60.4 Å². The van der Waals surface area contributed by atoms with Gasteiger partial charge in [-0.3, -0.25) is 19.2 Å². The lowest BCUT2D eigenvalue weighted by Gasteiger charge is -2.36. The van der Waals surface area contributed by atoms with Crippen molar-refractivity contribution >= 4 is 23.6 Å². The van der Waals surface area contributed by atoms with E-state index in [2.05, 4.69) is 26.6 Å². The molecular formula is C36H55N5O4. The SMILES string of the molecule is CC(C)NCCNC(=O)[C@H](Cc1ccccc1)NC(=O)[C@H](Cc1ccccc1)NC(=O)CC(C)(C)CC(C)(C)NC(=O)C(C)C. The Morgan fingerprint density at radius 1 is 0.667 bits per heavy atom. The van der Waals surface area contributed by atoms with Crippen LogP contribution in [0.25, 0.3) is 0 Å². The maximum Gasteiger partial charge on any atom is 0.243 e. The molecule has 2 rings (SSSR count). The highest BCUT2D eigenvalue weighted by molar-refractivity contribution is 5.92. The van der Waals surface area contributed by atoms with Crippen molar-refractivity contribution in [2.45, 2.75) is 105 Å². The topological polar surface area (TPSA) is 128 Å². The molecule has 0 heterocycles. The normalized spacial score (nSPS) is 13.2. The number of hydrogen-bond donors (Lipinski definition) is 5. The number of amides is 4. The molecule has 0 aliphatic heterocycles. The van der Waals surface area contributed by atoms with Gasteiger partial charge < -0.3 is 26.6 Å². The summed E-state index contributed by atoms with van der Waals surface area (Å²) in [5.74, 6) is -1.16. The molecule has 0 bridgehead atoms. The molecule has 45 heavy (non-hydrogen) atoms. The smallest absolute Gasteiger partial charge is 0.243 e. The van der Waals surface area contributed by atoms with E-state index in [4.69, 9.17) is 0 Å². The molecule has 0 aliphatic carbocycles. The van der Waals surface area contributed by atoms with Crippen LogP contribution in [-0.2, 0) is 32.0 Å². The Bertz CT molecular complexity index is 1230. The molecule has 0 radical (unpaired) electrons. The Morgan fingerprint density at radius 3 is 1.67 bits per heavy atom. The first-order valence-corrected chi connectivity index (χ1v) is 16.1. The molecule has 2 aromatic rings. The van der Waals surface area contributed by atoms with Crippen LogP contribution in [0.15, 0.2) is 60.7 Å². The highest BCUT2D eigenvalue weighted by Gasteiger charge is 2.34. The van der Waals surface area contributed by atoms with E-state index in [1.54, 1.807) is 0 Å². The molecule has 0 aromatic heterocycles. The Balaban J connectivity index is 2.20. The molecule has 0 aliphatic rings. The fourth-order valence-electron chi connectivity index (χ4n) is 5.52. The Labute approximate surface area is 270 Å². The molecule has 0 saturated heterocycles. The predicted molar refractivity (Wildman–Crippen MR) is 180 cm³/mol. The average molecular weight is 622 g/mol. The second-order valence-electron chi connectivity index (χ2n) is 14.0. The number of rotatable bonds is 18. The molecule has 0 saturated carbocycles. The van der Waals surface area contributed by atoms with Crippen molar-refractivity contribution in [3.8, 4) is 0 Å². The van der Waals surface area contributed by atoms with Gasteiger partial charge in [0, 0.05) is 49.9 Å². The van der Waals surface area contributed by atoms with Gasteiger partial charge in [-0.25, -0.2) is 0 Å². The molecule has 2 aromatic carbocycles. The lowest BCUT2D eigenvalue weighted by atomic mass is 9.77. The molecule has 9 heteroatoms. The highest BCUT2D eigenvalue weighted by Crippen LogP contribution is 2.31. The minimum atomic E-state index is -0.891. The van der Waals surface area contributed by atoms with E-state index < -0.39 is 28.9 Å². The van der Waals surface area contributed by atoms with Crippen LogP contribution in [0.3, 0.4) is 0 Å². The van der Waals surface area contributed by atoms with Crippen LogP contribution in [0, 0.1) is 11.3 Å². The van der Waals surface area contributed by atoms with Crippen LogP contribution in [0.2, 0.25) is 0 Å². The first-order valence-electron chi connectivity index (χ1n) is 16.1. The summed E-state index contributed by atoms with van der Waals surface area (Å²) >= 11 is 0. The summed E-state index contributed by atoms with van der Waals surface area (Å²) in [6.45, 7) is 16.7. The number of benzene rings is 2. The lowest BCUT2D eigenvalue weighted by molar-refractivity contribution is -0.132. The summed E-state index contributed by atoms with van der Waals surface area (Å²) in [5.41, 5.74) is 0.814. The van der Waals surface area contributed by atoms with Gasteiger partial charge in [0.15, 0.2) is 0 Å². The van der Waals surface area contributed by atoms with Crippen LogP contribution in [0.1, 0.15) is 79.4 Å². The van der Waals surface area contributed by atoms with Gasteiger partial charge in [0.2, 0.25) is 23.6 Å². The van der Waals surface area contributed by atoms with E-state index >= 15 is 0 Å². The maximum absolute atomic E-state index is 13.8. The van der Waals surface area contributed by atoms with Crippen molar-refractivity contribution in [1.82, 2.24) is 26.6 Å². The molecule has 0 unspecified atom stereocenters. The number of nitrogens with one attached hydrogen (secondary N) is 5. The van der Waals surface area contributed by atoms with E-state index in [1.165, 1.54) is 0 Å². The van der Waals surface area contributed by atoms with Gasteiger partial charge in [0.1, 0.15) is 12.1 Å². The Kier molecular flexibility index (Phi) is 14.7. The van der Waals surface area contributed by atoms with E-state index in [1.807, 2.05) is 116 Å². The quantitative estimate of drug-likeness (QED) is 0.161. The zero-order valence-electron chi connectivity index (χ0n) is 28.5. The summed E-state index contributed by atoms with van der Waals surface area (Å²) < 4.78 is 0. The van der Waals surface area contributed by atoms with E-state index in [-0.39, 0.29) is 36.5 Å². The van der Waals surface area contributed by atoms with Crippen LogP contribution in [0.5, 0.6) is 0 Å². The fraction of sp³-hybridized carbons (Fsp3) is 0.556. The van der Waals surface area contributed by atoms with Gasteiger partial charge in [-0.15, -0.1) is 0 Å². The monoisotopic (exact) mass is 621 g/mol. The third kappa shape index (κ3) is 14.7. The standard InChI is InChI=1S/C36H55N5O4/c1-25(2)32(43)41-36(7,8)24-35(5,6)23-31(42)39-30(22-28-17-13-10-14-18-28)34(45)40-29(21-27-15-11-9-12-16-27)33(44)38-20-19-37-26(3)4/h9-18,25-26,29-30,37H,19-24H2,1-8H3,(H,38,44)(H,39,42)(H,40,45)(H,41,43)/t29-,30-/m0/s1. The molecule has 9 nitrogen and oxygen atoms in total. The first kappa shape index (κ1) is 37.5. The third-order valence-corrected chi connectivity index (χ3v) is 7.37. The van der Waals surface area contributed by atoms with Gasteiger partial charge in [0.05, 0.1) is 0 Å². The van der Waals surface area contributed by atoms with Crippen LogP contribution in [0.4, 0.5) is 0 Å². The summed E-state index contributed by atoms with van der Waals surface area (Å²) in [6.07, 6.45) is 1.30. The molecule has 248 valence electrons. The van der Waals surface area contributed by atoms with Crippen LogP contribution < -0.4 is 26.6 Å². The summed E-state index contributed by atoms with van der Waals surface area (Å²) in [5, 5.41) is 15.2. The van der Waals surface area contributed by atoms with E-state index in [0.717, 1.165) is 11.1 Å². The minimum Gasteiger partial charge on any atom is -0.353 e. The summed E-state index contributed by atoms with van der Waals surface area (Å²) in [7, 11) is 0. The zero-order valence-corrected chi connectivity index (χ0v) is 28.5. The Morgan fingerprint density at radius 2 is 1.18 bits per heavy atom. The number of carbonyl (C=O) groups excluding carboxylic acids is 4. The maximum atomic E-state index is 13.8. The van der Waals surface area contributed by atoms with Crippen molar-refractivity contribution in [1.29, 1.82) is 0 Å². The zero-order chi connectivity index (χ0) is 33.6. The minimum absolute atomic E-state index is 0.0369. The van der Waals surface area contributed by atoms with E-state index in [9.17, 15) is 19.2 Å². The third-order valence-electron chi connectivity index (χ3n) is 7.37. The van der Waals surface area contributed by atoms with Gasteiger partial charge in [0.25, 0.3) is 0 Å². The van der Waals surface area contributed by atoms with Crippen LogP contribution >= 0.6 is 0 Å². The molecule has 0 spiro atoms. The second-order valence-corrected chi connectivity index (χ2v) is 14.0. The number of hydrogen-bond acceptors (Lipinski definition) is 5. The van der Waals surface area contributed by atoms with Crippen molar-refractivity contribution in [2.24, 2.45) is 11.3 Å². The van der Waals surface area contributed by atoms with Crippen molar-refractivity contribution < 1.29 is 19.2 Å². The molecule has 0 fully saturated rings. The van der Waals surface area contributed by atoms with E-state index in [0.29, 0.717) is 32.0 Å². The molecule has 5 N–H and O–H groups in total. The first-order chi connectivity index (χ1) is 21.1. The van der Waals surface area contributed by atoms with Crippen molar-refractivity contribution in [3.63, 3.8) is 0 Å². The summed E-state index contributed by atoms with van der Waals surface area (Å²) in [4.78, 5) is 52.9. The largest absolute Gasteiger partial charge is 0.353 e. The van der Waals surface area contributed by atoms with Crippen molar-refractivity contribution in [3.05, 3.63) is 71.8 Å². The average Bonchev–Trinajstić information content (AvgIpc) is 2.94. The predicted octanol–water partition coefficient (Wildman–Crippen LogP) is 3.91. The second kappa shape index (κ2) is 17.7. The molecule has 2 atom stereocenters. The van der Waals surface area contributed by atoms with Gasteiger partial charge in [-0.05, 0) is 36.8 Å². The summed E-state index contributed by atoms with van der Waals surface area (Å²) in [6, 6.07) is 17.6. The van der Waals surface area contributed by atoms with Gasteiger partial charge >= 0.3 is 0 Å². The fourth-order valence-corrected chi connectivity index (χ4v) is 5.52. The molecular weight excluding hydrogens is 566 g/mol. The van der Waals surface area contributed by atoms with Crippen molar-refractivity contribution in [2.75, 3.05) is 13.1 Å². The molecule has 4 amide bonds. The van der Waals surface area contributed by atoms with Gasteiger partial charge in [-0.1, -0.05) is 102 Å². The lowest BCUT2D eigenvalue weighted by Crippen LogP contribution is -2.56. The van der Waals surface area contributed by atoms with Gasteiger partial charge in [-0.2, -0.15) is 0 Å². The number of carbonyl (C=O) groups is 4.